The molecule has 0 unspecified atom stereocenters. The van der Waals surface area contributed by atoms with E-state index in [0.717, 1.165) is 9.99 Å². The number of alkyl halides is 1. The third kappa shape index (κ3) is 3.93. The van der Waals surface area contributed by atoms with Crippen LogP contribution >= 0.6 is 45.8 Å². The molecule has 0 N–H and O–H groups in total. The van der Waals surface area contributed by atoms with Gasteiger partial charge in [-0.15, -0.1) is 10.2 Å². The maximum absolute atomic E-state index is 5.76. The van der Waals surface area contributed by atoms with E-state index in [4.69, 9.17) is 27.9 Å². The monoisotopic (exact) mass is 332 g/mol. The van der Waals surface area contributed by atoms with Crippen LogP contribution in [0.1, 0.15) is 5.56 Å². The van der Waals surface area contributed by atoms with Gasteiger partial charge in [0, 0.05) is 9.99 Å². The predicted octanol–water partition coefficient (Wildman–Crippen LogP) is 2.74. The van der Waals surface area contributed by atoms with E-state index in [2.05, 4.69) is 32.8 Å². The third-order valence-corrected chi connectivity index (χ3v) is 2.21. The van der Waals surface area contributed by atoms with Crippen molar-refractivity contribution in [1.82, 2.24) is 10.2 Å². The van der Waals surface area contributed by atoms with Crippen molar-refractivity contribution >= 4 is 45.8 Å². The number of ether oxygens (including phenoxy) is 1. The first-order chi connectivity index (χ1) is 6.24. The smallest absolute Gasteiger partial charge is 0.157 e. The number of halogens is 3. The fourth-order valence-corrected chi connectivity index (χ4v) is 1.35. The summed E-state index contributed by atoms with van der Waals surface area (Å²) >= 11 is 13.6. The zero-order valence-corrected chi connectivity index (χ0v) is 10.3. The van der Waals surface area contributed by atoms with Gasteiger partial charge in [0.05, 0.1) is 13.2 Å². The van der Waals surface area contributed by atoms with Crippen molar-refractivity contribution in [2.75, 3.05) is 11.0 Å². The molecule has 0 aliphatic heterocycles. The molecular weight excluding hydrogens is 326 g/mol. The lowest BCUT2D eigenvalue weighted by molar-refractivity contribution is 0.138. The lowest BCUT2D eigenvalue weighted by Gasteiger charge is -2.03. The molecule has 0 atom stereocenters. The van der Waals surface area contributed by atoms with Crippen molar-refractivity contribution in [3.63, 3.8) is 0 Å². The molecule has 0 amide bonds. The van der Waals surface area contributed by atoms with Gasteiger partial charge in [0.15, 0.2) is 10.3 Å². The summed E-state index contributed by atoms with van der Waals surface area (Å²) in [6, 6.07) is 1.66. The molecule has 1 aromatic heterocycles. The second-order valence-corrected chi connectivity index (χ2v) is 4.05. The van der Waals surface area contributed by atoms with E-state index in [1.807, 2.05) is 0 Å². The summed E-state index contributed by atoms with van der Waals surface area (Å²) in [5, 5.41) is 7.93. The Kier molecular flexibility index (Phi) is 5.23. The molecule has 0 saturated carbocycles. The molecule has 6 heteroatoms. The van der Waals surface area contributed by atoms with Crippen LogP contribution in [-0.4, -0.2) is 21.2 Å². The molecule has 72 valence electrons. The highest BCUT2D eigenvalue weighted by atomic mass is 127. The molecule has 0 bridgehead atoms. The zero-order valence-electron chi connectivity index (χ0n) is 6.64. The number of aromatic nitrogens is 2. The van der Waals surface area contributed by atoms with E-state index < -0.39 is 0 Å². The predicted molar refractivity (Wildman–Crippen MR) is 60.6 cm³/mol. The van der Waals surface area contributed by atoms with Crippen molar-refractivity contribution in [2.45, 2.75) is 6.61 Å². The molecule has 0 aromatic carbocycles. The normalized spacial score (nSPS) is 10.4. The molecule has 1 rings (SSSR count). The van der Waals surface area contributed by atoms with E-state index in [0.29, 0.717) is 23.5 Å². The van der Waals surface area contributed by atoms with Crippen molar-refractivity contribution in [3.8, 4) is 0 Å². The average Bonchev–Trinajstić information content (AvgIpc) is 2.11. The molecule has 13 heavy (non-hydrogen) atoms. The zero-order chi connectivity index (χ0) is 9.68. The van der Waals surface area contributed by atoms with Crippen LogP contribution in [0.3, 0.4) is 0 Å². The van der Waals surface area contributed by atoms with E-state index in [-0.39, 0.29) is 0 Å². The minimum absolute atomic E-state index is 0.331. The first-order valence-electron chi connectivity index (χ1n) is 3.55. The van der Waals surface area contributed by atoms with Crippen molar-refractivity contribution in [3.05, 3.63) is 21.9 Å². The van der Waals surface area contributed by atoms with Crippen molar-refractivity contribution in [1.29, 1.82) is 0 Å². The highest BCUT2D eigenvalue weighted by Gasteiger charge is 2.03. The van der Waals surface area contributed by atoms with E-state index in [9.17, 15) is 0 Å². The maximum atomic E-state index is 5.76. The van der Waals surface area contributed by atoms with Gasteiger partial charge in [-0.1, -0.05) is 45.8 Å². The largest absolute Gasteiger partial charge is 0.376 e. The minimum atomic E-state index is 0.331. The van der Waals surface area contributed by atoms with Gasteiger partial charge in [-0.05, 0) is 6.07 Å². The van der Waals surface area contributed by atoms with Crippen LogP contribution in [-0.2, 0) is 11.3 Å². The Labute approximate surface area is 99.9 Å². The summed E-state index contributed by atoms with van der Waals surface area (Å²) in [4.78, 5) is 0. The maximum Gasteiger partial charge on any atom is 0.157 e. The standard InChI is InChI=1S/C7H7Cl2IN2O/c8-6-3-5(4-13-2-1-10)7(9)12-11-6/h3H,1-2,4H2. The quantitative estimate of drug-likeness (QED) is 0.483. The summed E-state index contributed by atoms with van der Waals surface area (Å²) < 4.78 is 6.23. The Hall–Kier alpha value is 0.350. The average molecular weight is 333 g/mol. The van der Waals surface area contributed by atoms with Crippen LogP contribution in [0.15, 0.2) is 6.07 Å². The number of nitrogens with zero attached hydrogens (tertiary/aromatic N) is 2. The van der Waals surface area contributed by atoms with Gasteiger partial charge in [-0.25, -0.2) is 0 Å². The van der Waals surface area contributed by atoms with Crippen LogP contribution in [0.5, 0.6) is 0 Å². The molecular formula is C7H7Cl2IN2O. The topological polar surface area (TPSA) is 35.0 Å². The van der Waals surface area contributed by atoms with Crippen molar-refractivity contribution < 1.29 is 4.74 Å². The summed E-state index contributed by atoms with van der Waals surface area (Å²) in [7, 11) is 0. The van der Waals surface area contributed by atoms with E-state index in [1.54, 1.807) is 6.07 Å². The lowest BCUT2D eigenvalue weighted by atomic mass is 10.3. The second kappa shape index (κ2) is 5.95. The van der Waals surface area contributed by atoms with Gasteiger partial charge in [-0.2, -0.15) is 0 Å². The Bertz CT molecular complexity index is 285. The van der Waals surface area contributed by atoms with Gasteiger partial charge < -0.3 is 4.74 Å². The highest BCUT2D eigenvalue weighted by molar-refractivity contribution is 14.1. The molecule has 0 saturated heterocycles. The summed E-state index contributed by atoms with van der Waals surface area (Å²) in [5.41, 5.74) is 0.770. The number of rotatable bonds is 4. The van der Waals surface area contributed by atoms with Gasteiger partial charge in [0.1, 0.15) is 0 Å². The van der Waals surface area contributed by atoms with E-state index >= 15 is 0 Å². The Morgan fingerprint density at radius 1 is 1.38 bits per heavy atom. The van der Waals surface area contributed by atoms with Crippen LogP contribution in [0.4, 0.5) is 0 Å². The fourth-order valence-electron chi connectivity index (χ4n) is 0.726. The molecule has 0 fully saturated rings. The van der Waals surface area contributed by atoms with Crippen LogP contribution in [0, 0.1) is 0 Å². The summed E-state index contributed by atoms with van der Waals surface area (Å²) in [5.74, 6) is 0. The fraction of sp³-hybridized carbons (Fsp3) is 0.429. The summed E-state index contributed by atoms with van der Waals surface area (Å²) in [6.07, 6.45) is 0. The number of hydrogen-bond acceptors (Lipinski definition) is 3. The second-order valence-electron chi connectivity index (χ2n) is 2.22. The Morgan fingerprint density at radius 3 is 2.85 bits per heavy atom. The van der Waals surface area contributed by atoms with Crippen molar-refractivity contribution in [2.24, 2.45) is 0 Å². The minimum Gasteiger partial charge on any atom is -0.376 e. The molecule has 0 aliphatic carbocycles. The highest BCUT2D eigenvalue weighted by Crippen LogP contribution is 2.15. The van der Waals surface area contributed by atoms with Crippen LogP contribution in [0.2, 0.25) is 10.3 Å². The molecule has 1 heterocycles. The number of hydrogen-bond donors (Lipinski definition) is 0. The molecule has 1 aromatic rings. The van der Waals surface area contributed by atoms with Crippen LogP contribution in [0.25, 0.3) is 0 Å². The van der Waals surface area contributed by atoms with E-state index in [1.165, 1.54) is 0 Å². The van der Waals surface area contributed by atoms with Gasteiger partial charge in [0.2, 0.25) is 0 Å². The molecule has 0 spiro atoms. The first kappa shape index (κ1) is 11.4. The SMILES string of the molecule is Clc1cc(COCCI)c(Cl)nn1. The van der Waals surface area contributed by atoms with Crippen LogP contribution < -0.4 is 0 Å². The third-order valence-electron chi connectivity index (χ3n) is 1.27. The summed E-state index contributed by atoms with van der Waals surface area (Å²) in [6.45, 7) is 1.12. The van der Waals surface area contributed by atoms with Gasteiger partial charge >= 0.3 is 0 Å². The Morgan fingerprint density at radius 2 is 2.15 bits per heavy atom. The molecule has 3 nitrogen and oxygen atoms in total. The first-order valence-corrected chi connectivity index (χ1v) is 5.83. The Balaban J connectivity index is 2.59. The van der Waals surface area contributed by atoms with Gasteiger partial charge in [-0.3, -0.25) is 0 Å². The molecule has 0 aliphatic rings. The van der Waals surface area contributed by atoms with Gasteiger partial charge in [0.25, 0.3) is 0 Å². The lowest BCUT2D eigenvalue weighted by Crippen LogP contribution is -1.98. The molecule has 0 radical (unpaired) electrons.